The Morgan fingerprint density at radius 1 is 0.857 bits per heavy atom. The first-order chi connectivity index (χ1) is 13.6. The lowest BCUT2D eigenvalue weighted by molar-refractivity contribution is -0.129. The number of halogens is 1. The third-order valence-electron chi connectivity index (χ3n) is 4.31. The van der Waals surface area contributed by atoms with E-state index in [-0.39, 0.29) is 18.1 Å². The number of nitrogens with one attached hydrogen (secondary N) is 2. The van der Waals surface area contributed by atoms with Crippen LogP contribution >= 0.6 is 0 Å². The Morgan fingerprint density at radius 2 is 1.46 bits per heavy atom. The van der Waals surface area contributed by atoms with Crippen molar-refractivity contribution in [2.24, 2.45) is 0 Å². The van der Waals surface area contributed by atoms with E-state index >= 15 is 0 Å². The molecule has 0 saturated carbocycles. The van der Waals surface area contributed by atoms with Gasteiger partial charge in [0.2, 0.25) is 5.91 Å². The molecule has 0 aliphatic rings. The van der Waals surface area contributed by atoms with Gasteiger partial charge in [-0.3, -0.25) is 14.8 Å². The normalized spacial score (nSPS) is 11.5. The summed E-state index contributed by atoms with van der Waals surface area (Å²) in [5, 5.41) is 11.9. The van der Waals surface area contributed by atoms with Crippen molar-refractivity contribution in [1.29, 1.82) is 0 Å². The monoisotopic (exact) mass is 378 g/mol. The maximum Gasteiger partial charge on any atom is 0.255 e. The molecular weight excluding hydrogens is 359 g/mol. The molecule has 6 heteroatoms. The van der Waals surface area contributed by atoms with E-state index in [9.17, 15) is 14.0 Å². The minimum atomic E-state index is -0.671. The van der Waals surface area contributed by atoms with E-state index < -0.39 is 11.8 Å². The summed E-state index contributed by atoms with van der Waals surface area (Å²) >= 11 is 0. The van der Waals surface area contributed by atoms with Crippen molar-refractivity contribution in [3.63, 3.8) is 0 Å². The van der Waals surface area contributed by atoms with Crippen LogP contribution in [-0.4, -0.2) is 17.0 Å². The van der Waals surface area contributed by atoms with E-state index in [1.165, 1.54) is 12.1 Å². The number of hydroxylamine groups is 1. The lowest BCUT2D eigenvalue weighted by atomic mass is 9.90. The molecule has 3 aromatic rings. The summed E-state index contributed by atoms with van der Waals surface area (Å²) in [6, 6.07) is 21.7. The predicted octanol–water partition coefficient (Wildman–Crippen LogP) is 3.64. The Hall–Kier alpha value is -3.51. The molecule has 0 radical (unpaired) electrons. The van der Waals surface area contributed by atoms with E-state index in [0.29, 0.717) is 16.8 Å². The van der Waals surface area contributed by atoms with Crippen LogP contribution in [0, 0.1) is 5.82 Å². The number of rotatable bonds is 6. The van der Waals surface area contributed by atoms with Gasteiger partial charge in [-0.25, -0.2) is 9.87 Å². The van der Waals surface area contributed by atoms with E-state index in [4.69, 9.17) is 5.21 Å². The fraction of sp³-hybridized carbons (Fsp3) is 0.0909. The molecule has 5 nitrogen and oxygen atoms in total. The first kappa shape index (κ1) is 19.3. The molecule has 0 saturated heterocycles. The molecule has 0 aromatic heterocycles. The zero-order valence-electron chi connectivity index (χ0n) is 14.9. The second kappa shape index (κ2) is 8.92. The smallest absolute Gasteiger partial charge is 0.255 e. The highest BCUT2D eigenvalue weighted by atomic mass is 19.1. The Balaban J connectivity index is 1.71. The third kappa shape index (κ3) is 4.81. The van der Waals surface area contributed by atoms with Gasteiger partial charge in [0.15, 0.2) is 0 Å². The van der Waals surface area contributed by atoms with Crippen LogP contribution in [0.3, 0.4) is 0 Å². The van der Waals surface area contributed by atoms with E-state index in [1.807, 2.05) is 18.2 Å². The molecule has 0 fully saturated rings. The lowest BCUT2D eigenvalue weighted by Gasteiger charge is -2.16. The van der Waals surface area contributed by atoms with Crippen molar-refractivity contribution in [3.8, 4) is 0 Å². The van der Waals surface area contributed by atoms with Gasteiger partial charge in [0.25, 0.3) is 5.91 Å². The van der Waals surface area contributed by atoms with Crippen molar-refractivity contribution in [2.45, 2.75) is 12.3 Å². The molecule has 3 rings (SSSR count). The van der Waals surface area contributed by atoms with Crippen LogP contribution in [0.15, 0.2) is 78.9 Å². The number of hydrogen-bond donors (Lipinski definition) is 3. The zero-order chi connectivity index (χ0) is 19.9. The van der Waals surface area contributed by atoms with E-state index in [2.05, 4.69) is 5.32 Å². The van der Waals surface area contributed by atoms with Gasteiger partial charge >= 0.3 is 0 Å². The first-order valence-corrected chi connectivity index (χ1v) is 8.70. The van der Waals surface area contributed by atoms with Crippen molar-refractivity contribution in [3.05, 3.63) is 101 Å². The molecule has 142 valence electrons. The number of amides is 2. The van der Waals surface area contributed by atoms with Gasteiger partial charge in [-0.15, -0.1) is 0 Å². The van der Waals surface area contributed by atoms with E-state index in [0.717, 1.165) is 5.56 Å². The maximum absolute atomic E-state index is 12.9. The summed E-state index contributed by atoms with van der Waals surface area (Å²) in [5.74, 6) is -1.79. The summed E-state index contributed by atoms with van der Waals surface area (Å²) in [5.41, 5.74) is 4.40. The Morgan fingerprint density at radius 3 is 2.07 bits per heavy atom. The summed E-state index contributed by atoms with van der Waals surface area (Å²) in [6.07, 6.45) is 0.127. The van der Waals surface area contributed by atoms with Crippen LogP contribution in [0.2, 0.25) is 0 Å². The quantitative estimate of drug-likeness (QED) is 0.453. The molecule has 0 bridgehead atoms. The maximum atomic E-state index is 12.9. The molecule has 3 aromatic carbocycles. The molecule has 0 heterocycles. The molecule has 0 aliphatic heterocycles. The van der Waals surface area contributed by atoms with Gasteiger partial charge in [-0.05, 0) is 41.0 Å². The van der Waals surface area contributed by atoms with Gasteiger partial charge in [-0.1, -0.05) is 54.6 Å². The predicted molar refractivity (Wildman–Crippen MR) is 103 cm³/mol. The van der Waals surface area contributed by atoms with Gasteiger partial charge < -0.3 is 5.32 Å². The average molecular weight is 378 g/mol. The number of carbonyl (C=O) groups excluding carboxylic acids is 2. The summed E-state index contributed by atoms with van der Waals surface area (Å²) in [7, 11) is 0. The number of benzene rings is 3. The Kier molecular flexibility index (Phi) is 6.14. The Bertz CT molecular complexity index is 942. The van der Waals surface area contributed by atoms with Crippen LogP contribution in [0.1, 0.15) is 22.6 Å². The summed E-state index contributed by atoms with van der Waals surface area (Å²) in [4.78, 5) is 24.3. The largest absolute Gasteiger partial charge is 0.326 e. The zero-order valence-corrected chi connectivity index (χ0v) is 14.9. The van der Waals surface area contributed by atoms with Crippen LogP contribution < -0.4 is 10.8 Å². The van der Waals surface area contributed by atoms with Gasteiger partial charge in [-0.2, -0.15) is 0 Å². The van der Waals surface area contributed by atoms with Crippen LogP contribution in [0.25, 0.3) is 0 Å². The minimum absolute atomic E-state index is 0.127. The summed E-state index contributed by atoms with van der Waals surface area (Å²) in [6.45, 7) is 0. The van der Waals surface area contributed by atoms with Crippen LogP contribution in [0.4, 0.5) is 10.1 Å². The molecule has 1 unspecified atom stereocenters. The number of hydrogen-bond acceptors (Lipinski definition) is 3. The fourth-order valence-electron chi connectivity index (χ4n) is 2.96. The van der Waals surface area contributed by atoms with Gasteiger partial charge in [0.1, 0.15) is 5.82 Å². The molecule has 0 aliphatic carbocycles. The summed E-state index contributed by atoms with van der Waals surface area (Å²) < 4.78 is 12.9. The molecule has 2 amide bonds. The van der Waals surface area contributed by atoms with Crippen molar-refractivity contribution in [2.75, 3.05) is 5.32 Å². The second-order valence-corrected chi connectivity index (χ2v) is 6.29. The van der Waals surface area contributed by atoms with Crippen LogP contribution in [-0.2, 0) is 16.0 Å². The average Bonchev–Trinajstić information content (AvgIpc) is 2.72. The number of carbonyl (C=O) groups is 2. The molecule has 0 spiro atoms. The van der Waals surface area contributed by atoms with Gasteiger partial charge in [0, 0.05) is 5.69 Å². The third-order valence-corrected chi connectivity index (χ3v) is 4.31. The van der Waals surface area contributed by atoms with Crippen molar-refractivity contribution < 1.29 is 19.2 Å². The second-order valence-electron chi connectivity index (χ2n) is 6.29. The highest BCUT2D eigenvalue weighted by Crippen LogP contribution is 2.26. The first-order valence-electron chi connectivity index (χ1n) is 8.70. The standard InChI is InChI=1S/C22H19FN2O3/c23-18-10-6-15(7-11-18)14-20(26)24-19-12-8-17(9-13-19)21(22(27)25-28)16-4-2-1-3-5-16/h1-13,21,28H,14H2,(H,24,26)(H,25,27). The van der Waals surface area contributed by atoms with Gasteiger partial charge in [0.05, 0.1) is 12.3 Å². The van der Waals surface area contributed by atoms with Crippen molar-refractivity contribution in [1.82, 2.24) is 5.48 Å². The molecule has 3 N–H and O–H groups in total. The highest BCUT2D eigenvalue weighted by molar-refractivity contribution is 5.92. The highest BCUT2D eigenvalue weighted by Gasteiger charge is 2.22. The topological polar surface area (TPSA) is 78.4 Å². The SMILES string of the molecule is O=C(Cc1ccc(F)cc1)Nc1ccc(C(C(=O)NO)c2ccccc2)cc1. The van der Waals surface area contributed by atoms with Crippen molar-refractivity contribution >= 4 is 17.5 Å². The van der Waals surface area contributed by atoms with Crippen LogP contribution in [0.5, 0.6) is 0 Å². The molecule has 28 heavy (non-hydrogen) atoms. The minimum Gasteiger partial charge on any atom is -0.326 e. The van der Waals surface area contributed by atoms with E-state index in [1.54, 1.807) is 54.0 Å². The number of anilines is 1. The molecular formula is C22H19FN2O3. The lowest BCUT2D eigenvalue weighted by Crippen LogP contribution is -2.27. The Labute approximate surface area is 161 Å². The molecule has 1 atom stereocenters. The fourth-order valence-corrected chi connectivity index (χ4v) is 2.96.